The van der Waals surface area contributed by atoms with Crippen LogP contribution in [0.2, 0.25) is 0 Å². The number of benzene rings is 2. The number of amides is 2. The molecule has 0 radical (unpaired) electrons. The highest BCUT2D eigenvalue weighted by Gasteiger charge is 2.13. The standard InChI is InChI=1S/C21H21N3O3S/c1-12-5-4-6-13(2)19(12)24-20(27)15-8-9-16-17(11-15)28-21(22-16)23-18(26)10-7-14(3)25/h4-6,8-9,11H,7,10H2,1-3H3,(H,24,27)(H,22,23,26). The van der Waals surface area contributed by atoms with Crippen LogP contribution in [0.4, 0.5) is 10.8 Å². The van der Waals surface area contributed by atoms with Gasteiger partial charge < -0.3 is 15.4 Å². The van der Waals surface area contributed by atoms with Crippen molar-refractivity contribution in [3.8, 4) is 0 Å². The third kappa shape index (κ3) is 4.61. The molecule has 0 spiro atoms. The number of ketones is 1. The summed E-state index contributed by atoms with van der Waals surface area (Å²) in [5.74, 6) is -0.471. The Labute approximate surface area is 167 Å². The van der Waals surface area contributed by atoms with Crippen molar-refractivity contribution >= 4 is 50.0 Å². The highest BCUT2D eigenvalue weighted by molar-refractivity contribution is 7.22. The summed E-state index contributed by atoms with van der Waals surface area (Å²) in [4.78, 5) is 39.9. The van der Waals surface area contributed by atoms with Crippen molar-refractivity contribution in [2.45, 2.75) is 33.6 Å². The van der Waals surface area contributed by atoms with Crippen LogP contribution >= 0.6 is 11.3 Å². The average Bonchev–Trinajstić information content (AvgIpc) is 3.04. The minimum Gasteiger partial charge on any atom is -0.322 e. The Hall–Kier alpha value is -3.06. The molecular weight excluding hydrogens is 374 g/mol. The van der Waals surface area contributed by atoms with E-state index in [-0.39, 0.29) is 30.4 Å². The summed E-state index contributed by atoms with van der Waals surface area (Å²) in [5, 5.41) is 6.13. The van der Waals surface area contributed by atoms with E-state index in [9.17, 15) is 14.4 Å². The van der Waals surface area contributed by atoms with Gasteiger partial charge in [0.15, 0.2) is 5.13 Å². The maximum absolute atomic E-state index is 12.7. The quantitative estimate of drug-likeness (QED) is 0.644. The van der Waals surface area contributed by atoms with Gasteiger partial charge in [-0.3, -0.25) is 9.59 Å². The number of para-hydroxylation sites is 1. The van der Waals surface area contributed by atoms with Gasteiger partial charge in [0.05, 0.1) is 10.2 Å². The van der Waals surface area contributed by atoms with Gasteiger partial charge in [0.25, 0.3) is 5.91 Å². The van der Waals surface area contributed by atoms with E-state index in [0.29, 0.717) is 16.2 Å². The van der Waals surface area contributed by atoms with Crippen LogP contribution in [0.1, 0.15) is 41.3 Å². The van der Waals surface area contributed by atoms with Gasteiger partial charge in [-0.15, -0.1) is 0 Å². The number of thiazole rings is 1. The fourth-order valence-electron chi connectivity index (χ4n) is 2.79. The molecule has 28 heavy (non-hydrogen) atoms. The highest BCUT2D eigenvalue weighted by Crippen LogP contribution is 2.28. The van der Waals surface area contributed by atoms with Gasteiger partial charge in [-0.2, -0.15) is 0 Å². The van der Waals surface area contributed by atoms with Crippen LogP contribution < -0.4 is 10.6 Å². The summed E-state index contributed by atoms with van der Waals surface area (Å²) in [6, 6.07) is 11.1. The third-order valence-electron chi connectivity index (χ3n) is 4.32. The number of aryl methyl sites for hydroxylation is 2. The monoisotopic (exact) mass is 395 g/mol. The Morgan fingerprint density at radius 2 is 1.71 bits per heavy atom. The van der Waals surface area contributed by atoms with Crippen LogP contribution in [0.15, 0.2) is 36.4 Å². The van der Waals surface area contributed by atoms with Crippen molar-refractivity contribution in [1.29, 1.82) is 0 Å². The molecule has 1 heterocycles. The highest BCUT2D eigenvalue weighted by atomic mass is 32.1. The third-order valence-corrected chi connectivity index (χ3v) is 5.25. The molecule has 0 aliphatic carbocycles. The molecule has 0 bridgehead atoms. The van der Waals surface area contributed by atoms with Crippen LogP contribution in [0.25, 0.3) is 10.2 Å². The van der Waals surface area contributed by atoms with E-state index in [1.807, 2.05) is 32.0 Å². The lowest BCUT2D eigenvalue weighted by Gasteiger charge is -2.11. The van der Waals surface area contributed by atoms with Crippen LogP contribution in [0.5, 0.6) is 0 Å². The van der Waals surface area contributed by atoms with E-state index in [2.05, 4.69) is 15.6 Å². The molecule has 6 nitrogen and oxygen atoms in total. The first-order chi connectivity index (χ1) is 13.3. The van der Waals surface area contributed by atoms with Crippen molar-refractivity contribution < 1.29 is 14.4 Å². The summed E-state index contributed by atoms with van der Waals surface area (Å²) in [7, 11) is 0. The SMILES string of the molecule is CC(=O)CCC(=O)Nc1nc2ccc(C(=O)Nc3c(C)cccc3C)cc2s1. The summed E-state index contributed by atoms with van der Waals surface area (Å²) in [6.07, 6.45) is 0.341. The van der Waals surface area contributed by atoms with E-state index in [1.165, 1.54) is 18.3 Å². The average molecular weight is 395 g/mol. The smallest absolute Gasteiger partial charge is 0.255 e. The lowest BCUT2D eigenvalue weighted by molar-refractivity contribution is -0.121. The van der Waals surface area contributed by atoms with E-state index in [4.69, 9.17) is 0 Å². The summed E-state index contributed by atoms with van der Waals surface area (Å²) >= 11 is 1.30. The fraction of sp³-hybridized carbons (Fsp3) is 0.238. The first kappa shape index (κ1) is 19.7. The number of carbonyl (C=O) groups excluding carboxylic acids is 3. The molecule has 0 saturated heterocycles. The number of rotatable bonds is 6. The number of anilines is 2. The molecule has 144 valence electrons. The van der Waals surface area contributed by atoms with E-state index in [1.54, 1.807) is 18.2 Å². The van der Waals surface area contributed by atoms with Gasteiger partial charge in [0, 0.05) is 24.1 Å². The van der Waals surface area contributed by atoms with Gasteiger partial charge in [-0.05, 0) is 50.1 Å². The molecule has 1 aromatic heterocycles. The second-order valence-corrected chi connectivity index (χ2v) is 7.70. The number of carbonyl (C=O) groups is 3. The Kier molecular flexibility index (Phi) is 5.84. The molecule has 0 aliphatic heterocycles. The maximum Gasteiger partial charge on any atom is 0.255 e. The number of fused-ring (bicyclic) bond motifs is 1. The summed E-state index contributed by atoms with van der Waals surface area (Å²) < 4.78 is 0.802. The molecule has 3 aromatic rings. The molecule has 2 amide bonds. The number of hydrogen-bond donors (Lipinski definition) is 2. The number of aromatic nitrogens is 1. The lowest BCUT2D eigenvalue weighted by Crippen LogP contribution is -2.13. The van der Waals surface area contributed by atoms with Crippen LogP contribution in [-0.4, -0.2) is 22.6 Å². The largest absolute Gasteiger partial charge is 0.322 e. The molecule has 0 fully saturated rings. The topological polar surface area (TPSA) is 88.2 Å². The zero-order valence-electron chi connectivity index (χ0n) is 16.0. The normalized spacial score (nSPS) is 10.7. The van der Waals surface area contributed by atoms with Gasteiger partial charge in [0.2, 0.25) is 5.91 Å². The van der Waals surface area contributed by atoms with E-state index < -0.39 is 0 Å². The molecule has 0 atom stereocenters. The number of hydrogen-bond acceptors (Lipinski definition) is 5. The lowest BCUT2D eigenvalue weighted by atomic mass is 10.1. The molecule has 0 unspecified atom stereocenters. The number of Topliss-reactive ketones (excluding diaryl/α,β-unsaturated/α-hetero) is 1. The summed E-state index contributed by atoms with van der Waals surface area (Å²) in [5.41, 5.74) is 4.05. The first-order valence-electron chi connectivity index (χ1n) is 8.91. The van der Waals surface area contributed by atoms with Crippen molar-refractivity contribution in [3.63, 3.8) is 0 Å². The van der Waals surface area contributed by atoms with Crippen LogP contribution in [-0.2, 0) is 9.59 Å². The van der Waals surface area contributed by atoms with Crippen molar-refractivity contribution in [1.82, 2.24) is 4.98 Å². The Balaban J connectivity index is 1.76. The van der Waals surface area contributed by atoms with Crippen molar-refractivity contribution in [2.24, 2.45) is 0 Å². The molecular formula is C21H21N3O3S. The maximum atomic E-state index is 12.7. The minimum absolute atomic E-state index is 0.0287. The molecule has 0 aliphatic rings. The zero-order chi connectivity index (χ0) is 20.3. The molecule has 3 rings (SSSR count). The first-order valence-corrected chi connectivity index (χ1v) is 9.72. The second-order valence-electron chi connectivity index (χ2n) is 6.67. The fourth-order valence-corrected chi connectivity index (χ4v) is 3.71. The van der Waals surface area contributed by atoms with E-state index in [0.717, 1.165) is 21.5 Å². The minimum atomic E-state index is -0.248. The molecule has 2 aromatic carbocycles. The second kappa shape index (κ2) is 8.31. The predicted octanol–water partition coefficient (Wildman–Crippen LogP) is 4.47. The van der Waals surface area contributed by atoms with Gasteiger partial charge in [-0.25, -0.2) is 4.98 Å². The van der Waals surface area contributed by atoms with Gasteiger partial charge >= 0.3 is 0 Å². The predicted molar refractivity (Wildman–Crippen MR) is 112 cm³/mol. The van der Waals surface area contributed by atoms with E-state index >= 15 is 0 Å². The van der Waals surface area contributed by atoms with Gasteiger partial charge in [-0.1, -0.05) is 29.5 Å². The van der Waals surface area contributed by atoms with Gasteiger partial charge in [0.1, 0.15) is 5.78 Å². The number of nitrogens with one attached hydrogen (secondary N) is 2. The van der Waals surface area contributed by atoms with Crippen molar-refractivity contribution in [2.75, 3.05) is 10.6 Å². The zero-order valence-corrected chi connectivity index (χ0v) is 16.8. The van der Waals surface area contributed by atoms with Crippen molar-refractivity contribution in [3.05, 3.63) is 53.1 Å². The van der Waals surface area contributed by atoms with Crippen LogP contribution in [0, 0.1) is 13.8 Å². The molecule has 2 N–H and O–H groups in total. The Morgan fingerprint density at radius 1 is 1.00 bits per heavy atom. The Bertz CT molecular complexity index is 1050. The molecule has 0 saturated carbocycles. The number of nitrogens with zero attached hydrogens (tertiary/aromatic N) is 1. The Morgan fingerprint density at radius 3 is 2.39 bits per heavy atom. The summed E-state index contributed by atoms with van der Waals surface area (Å²) in [6.45, 7) is 5.36. The molecule has 7 heteroatoms. The van der Waals surface area contributed by atoms with Crippen LogP contribution in [0.3, 0.4) is 0 Å².